The lowest BCUT2D eigenvalue weighted by molar-refractivity contribution is 0.102. The van der Waals surface area contributed by atoms with E-state index >= 15 is 0 Å². The lowest BCUT2D eigenvalue weighted by Gasteiger charge is -2.11. The van der Waals surface area contributed by atoms with E-state index in [1.165, 1.54) is 51.7 Å². The van der Waals surface area contributed by atoms with E-state index in [0.29, 0.717) is 17.1 Å². The fourth-order valence-electron chi connectivity index (χ4n) is 1.77. The lowest BCUT2D eigenvalue weighted by Crippen LogP contribution is -2.22. The van der Waals surface area contributed by atoms with Gasteiger partial charge in [0.25, 0.3) is 5.91 Å². The summed E-state index contributed by atoms with van der Waals surface area (Å²) in [6.07, 6.45) is 1.47. The average molecular weight is 335 g/mol. The van der Waals surface area contributed by atoms with Gasteiger partial charge in [0.05, 0.1) is 23.9 Å². The van der Waals surface area contributed by atoms with E-state index in [0.717, 1.165) is 4.31 Å². The fraction of sp³-hybridized carbons (Fsp3) is 0.200. The maximum atomic E-state index is 12.1. The summed E-state index contributed by atoms with van der Waals surface area (Å²) in [6.45, 7) is 0. The van der Waals surface area contributed by atoms with Gasteiger partial charge in [0.2, 0.25) is 15.9 Å². The van der Waals surface area contributed by atoms with Crippen molar-refractivity contribution >= 4 is 21.6 Å². The minimum Gasteiger partial charge on any atom is -0.481 e. The van der Waals surface area contributed by atoms with Crippen LogP contribution in [0.15, 0.2) is 47.5 Å². The third-order valence-corrected chi connectivity index (χ3v) is 4.93. The zero-order valence-electron chi connectivity index (χ0n) is 13.0. The van der Waals surface area contributed by atoms with Crippen molar-refractivity contribution in [2.24, 2.45) is 0 Å². The number of rotatable bonds is 5. The van der Waals surface area contributed by atoms with E-state index < -0.39 is 10.0 Å². The third kappa shape index (κ3) is 3.85. The molecule has 1 amide bonds. The number of carbonyl (C=O) groups is 1. The summed E-state index contributed by atoms with van der Waals surface area (Å²) in [4.78, 5) is 16.3. The summed E-state index contributed by atoms with van der Waals surface area (Å²) in [7, 11) is 0.898. The van der Waals surface area contributed by atoms with Gasteiger partial charge in [0.15, 0.2) is 0 Å². The molecule has 2 aromatic rings. The van der Waals surface area contributed by atoms with Gasteiger partial charge >= 0.3 is 0 Å². The highest BCUT2D eigenvalue weighted by Gasteiger charge is 2.17. The van der Waals surface area contributed by atoms with Crippen LogP contribution < -0.4 is 10.1 Å². The number of anilines is 1. The Morgan fingerprint density at radius 3 is 2.26 bits per heavy atom. The van der Waals surface area contributed by atoms with Crippen LogP contribution in [0.25, 0.3) is 0 Å². The van der Waals surface area contributed by atoms with E-state index in [2.05, 4.69) is 10.3 Å². The predicted octanol–water partition coefficient (Wildman–Crippen LogP) is 1.59. The molecule has 1 N–H and O–H groups in total. The highest BCUT2D eigenvalue weighted by molar-refractivity contribution is 7.89. The predicted molar refractivity (Wildman–Crippen MR) is 86.1 cm³/mol. The number of amides is 1. The number of benzene rings is 1. The fourth-order valence-corrected chi connectivity index (χ4v) is 2.67. The number of methoxy groups -OCH3 is 1. The molecule has 0 bridgehead atoms. The molecule has 0 aliphatic heterocycles. The number of ether oxygens (including phenoxy) is 1. The van der Waals surface area contributed by atoms with Crippen LogP contribution >= 0.6 is 0 Å². The molecule has 0 saturated heterocycles. The topological polar surface area (TPSA) is 88.6 Å². The van der Waals surface area contributed by atoms with Crippen LogP contribution in [0.3, 0.4) is 0 Å². The summed E-state index contributed by atoms with van der Waals surface area (Å²) in [5, 5.41) is 2.67. The molecule has 8 heteroatoms. The van der Waals surface area contributed by atoms with Gasteiger partial charge in [-0.05, 0) is 30.3 Å². The number of sulfonamides is 1. The Kier molecular flexibility index (Phi) is 4.97. The molecule has 1 aromatic carbocycles. The maximum Gasteiger partial charge on any atom is 0.255 e. The van der Waals surface area contributed by atoms with Crippen LogP contribution in [0.1, 0.15) is 10.4 Å². The molecule has 122 valence electrons. The zero-order chi connectivity index (χ0) is 17.0. The van der Waals surface area contributed by atoms with E-state index in [1.54, 1.807) is 12.1 Å². The summed E-state index contributed by atoms with van der Waals surface area (Å²) < 4.78 is 30.0. The zero-order valence-corrected chi connectivity index (χ0v) is 13.8. The van der Waals surface area contributed by atoms with Gasteiger partial charge in [0.1, 0.15) is 0 Å². The second-order valence-corrected chi connectivity index (χ2v) is 7.01. The van der Waals surface area contributed by atoms with Gasteiger partial charge in [-0.25, -0.2) is 17.7 Å². The van der Waals surface area contributed by atoms with Crippen molar-refractivity contribution in [1.29, 1.82) is 0 Å². The molecule has 0 spiro atoms. The molecule has 2 rings (SSSR count). The Labute approximate surface area is 135 Å². The molecule has 0 radical (unpaired) electrons. The number of aromatic nitrogens is 1. The highest BCUT2D eigenvalue weighted by Crippen LogP contribution is 2.16. The summed E-state index contributed by atoms with van der Waals surface area (Å²) in [6, 6.07) is 9.01. The van der Waals surface area contributed by atoms with Crippen molar-refractivity contribution in [3.63, 3.8) is 0 Å². The Morgan fingerprint density at radius 1 is 1.13 bits per heavy atom. The van der Waals surface area contributed by atoms with Crippen molar-refractivity contribution in [3.8, 4) is 5.88 Å². The second kappa shape index (κ2) is 6.76. The molecule has 0 saturated carbocycles. The summed E-state index contributed by atoms with van der Waals surface area (Å²) in [5.74, 6) is 0.0898. The molecule has 23 heavy (non-hydrogen) atoms. The van der Waals surface area contributed by atoms with E-state index in [1.807, 2.05) is 0 Å². The van der Waals surface area contributed by atoms with Crippen molar-refractivity contribution in [2.75, 3.05) is 26.5 Å². The Balaban J connectivity index is 2.14. The smallest absolute Gasteiger partial charge is 0.255 e. The van der Waals surface area contributed by atoms with Gasteiger partial charge in [-0.3, -0.25) is 4.79 Å². The summed E-state index contributed by atoms with van der Waals surface area (Å²) in [5.41, 5.74) is 0.860. The number of hydrogen-bond acceptors (Lipinski definition) is 5. The van der Waals surface area contributed by atoms with Gasteiger partial charge in [-0.2, -0.15) is 0 Å². The number of hydrogen-bond donors (Lipinski definition) is 1. The van der Waals surface area contributed by atoms with Gasteiger partial charge in [-0.15, -0.1) is 0 Å². The average Bonchev–Trinajstić information content (AvgIpc) is 2.55. The molecular formula is C15H17N3O4S. The minimum absolute atomic E-state index is 0.130. The maximum absolute atomic E-state index is 12.1. The first-order chi connectivity index (χ1) is 10.8. The largest absolute Gasteiger partial charge is 0.481 e. The SMILES string of the molecule is COc1ccc(NC(=O)c2ccc(S(=O)(=O)N(C)C)cc2)cn1. The standard InChI is InChI=1S/C15H17N3O4S/c1-18(2)23(20,21)13-7-4-11(5-8-13)15(19)17-12-6-9-14(22-3)16-10-12/h4-10H,1-3H3,(H,17,19). The van der Waals surface area contributed by atoms with Crippen LogP contribution in [-0.2, 0) is 10.0 Å². The van der Waals surface area contributed by atoms with Crippen LogP contribution in [0, 0.1) is 0 Å². The van der Waals surface area contributed by atoms with E-state index in [4.69, 9.17) is 4.74 Å². The van der Waals surface area contributed by atoms with E-state index in [-0.39, 0.29) is 10.8 Å². The minimum atomic E-state index is -3.51. The first-order valence-electron chi connectivity index (χ1n) is 6.68. The van der Waals surface area contributed by atoms with Crippen LogP contribution in [-0.4, -0.2) is 44.8 Å². The lowest BCUT2D eigenvalue weighted by atomic mass is 10.2. The molecular weight excluding hydrogens is 318 g/mol. The quantitative estimate of drug-likeness (QED) is 0.896. The first-order valence-corrected chi connectivity index (χ1v) is 8.12. The molecule has 0 aliphatic carbocycles. The molecule has 0 atom stereocenters. The number of pyridine rings is 1. The molecule has 0 fully saturated rings. The molecule has 0 aliphatic rings. The first kappa shape index (κ1) is 16.9. The van der Waals surface area contributed by atoms with Crippen LogP contribution in [0.5, 0.6) is 5.88 Å². The van der Waals surface area contributed by atoms with Gasteiger partial charge in [-0.1, -0.05) is 0 Å². The summed E-state index contributed by atoms with van der Waals surface area (Å²) >= 11 is 0. The van der Waals surface area contributed by atoms with Crippen molar-refractivity contribution in [1.82, 2.24) is 9.29 Å². The van der Waals surface area contributed by atoms with Gasteiger partial charge < -0.3 is 10.1 Å². The Morgan fingerprint density at radius 2 is 1.78 bits per heavy atom. The molecule has 1 aromatic heterocycles. The van der Waals surface area contributed by atoms with Crippen molar-refractivity contribution < 1.29 is 17.9 Å². The molecule has 7 nitrogen and oxygen atoms in total. The van der Waals surface area contributed by atoms with Crippen LogP contribution in [0.2, 0.25) is 0 Å². The normalized spacial score (nSPS) is 11.3. The molecule has 1 heterocycles. The van der Waals surface area contributed by atoms with Crippen molar-refractivity contribution in [3.05, 3.63) is 48.2 Å². The monoisotopic (exact) mass is 335 g/mol. The van der Waals surface area contributed by atoms with Crippen LogP contribution in [0.4, 0.5) is 5.69 Å². The Bertz CT molecular complexity index is 784. The number of nitrogens with one attached hydrogen (secondary N) is 1. The van der Waals surface area contributed by atoms with Crippen molar-refractivity contribution in [2.45, 2.75) is 4.90 Å². The second-order valence-electron chi connectivity index (χ2n) is 4.86. The molecule has 0 unspecified atom stereocenters. The van der Waals surface area contributed by atoms with Gasteiger partial charge in [0, 0.05) is 25.7 Å². The van der Waals surface area contributed by atoms with E-state index in [9.17, 15) is 13.2 Å². The Hall–Kier alpha value is -2.45. The third-order valence-electron chi connectivity index (χ3n) is 3.10. The number of carbonyl (C=O) groups excluding carboxylic acids is 1. The highest BCUT2D eigenvalue weighted by atomic mass is 32.2. The number of nitrogens with zero attached hydrogens (tertiary/aromatic N) is 2.